The molecule has 0 unspecified atom stereocenters. The van der Waals surface area contributed by atoms with Gasteiger partial charge in [0.25, 0.3) is 0 Å². The van der Waals surface area contributed by atoms with Gasteiger partial charge in [0.05, 0.1) is 12.2 Å². The Balaban J connectivity index is 0.00000227. The maximum absolute atomic E-state index is 11.7. The van der Waals surface area contributed by atoms with Gasteiger partial charge in [0.2, 0.25) is 0 Å². The fraction of sp³-hybridized carbons (Fsp3) is 0.750. The average Bonchev–Trinajstić information content (AvgIpc) is 2.72. The summed E-state index contributed by atoms with van der Waals surface area (Å²) in [4.78, 5) is 15.6. The molecule has 0 aromatic carbocycles. The van der Waals surface area contributed by atoms with E-state index in [1.165, 1.54) is 77.0 Å². The predicted octanol–water partition coefficient (Wildman–Crippen LogP) is 6.72. The van der Waals surface area contributed by atoms with Crippen molar-refractivity contribution in [3.05, 3.63) is 30.1 Å². The lowest BCUT2D eigenvalue weighted by atomic mass is 10.0. The molecule has 1 heterocycles. The molecular weight excluding hydrogens is 350 g/mol. The van der Waals surface area contributed by atoms with Crippen LogP contribution >= 0.6 is 0 Å². The van der Waals surface area contributed by atoms with Crippen LogP contribution in [0.2, 0.25) is 0 Å². The molecule has 1 aromatic rings. The van der Waals surface area contributed by atoms with Crippen molar-refractivity contribution in [2.24, 2.45) is 0 Å². The van der Waals surface area contributed by atoms with E-state index in [1.807, 2.05) is 0 Å². The van der Waals surface area contributed by atoms with Crippen molar-refractivity contribution in [3.63, 3.8) is 0 Å². The number of carbonyl (C=O) groups excluding carboxylic acids is 1. The van der Waals surface area contributed by atoms with Gasteiger partial charge in [-0.05, 0) is 25.5 Å². The highest BCUT2D eigenvalue weighted by Gasteiger charge is 2.05. The maximum atomic E-state index is 11.7. The summed E-state index contributed by atoms with van der Waals surface area (Å²) in [6.07, 6.45) is 21.9. The summed E-state index contributed by atoms with van der Waals surface area (Å²) in [7, 11) is 0. The van der Waals surface area contributed by atoms with Crippen LogP contribution in [0.15, 0.2) is 24.5 Å². The number of esters is 1. The van der Waals surface area contributed by atoms with Crippen molar-refractivity contribution in [1.29, 1.82) is 0 Å². The third-order valence-corrected chi connectivity index (χ3v) is 4.65. The molecule has 162 valence electrons. The number of aliphatic hydroxyl groups is 1. The molecule has 0 aliphatic heterocycles. The van der Waals surface area contributed by atoms with Gasteiger partial charge >= 0.3 is 5.97 Å². The Hall–Kier alpha value is -1.42. The van der Waals surface area contributed by atoms with Crippen LogP contribution in [0.25, 0.3) is 0 Å². The van der Waals surface area contributed by atoms with Crippen molar-refractivity contribution in [3.8, 4) is 0 Å². The SMILES string of the molecule is CCCCCCCCCCCCCCCCOC(=O)c1ccncc1.CCO. The number of aliphatic hydroxyl groups excluding tert-OH is 1. The summed E-state index contributed by atoms with van der Waals surface area (Å²) in [6.45, 7) is 4.73. The minimum atomic E-state index is -0.239. The van der Waals surface area contributed by atoms with Gasteiger partial charge in [-0.1, -0.05) is 90.4 Å². The number of aromatic nitrogens is 1. The number of unbranched alkanes of at least 4 members (excludes halogenated alkanes) is 13. The lowest BCUT2D eigenvalue weighted by Gasteiger charge is -2.05. The average molecular weight is 394 g/mol. The first-order valence-corrected chi connectivity index (χ1v) is 11.4. The van der Waals surface area contributed by atoms with Crippen LogP contribution in [0, 0.1) is 0 Å². The van der Waals surface area contributed by atoms with E-state index in [0.717, 1.165) is 12.8 Å². The maximum Gasteiger partial charge on any atom is 0.338 e. The molecular formula is C24H43NO3. The number of ether oxygens (including phenoxy) is 1. The number of hydrogen-bond donors (Lipinski definition) is 1. The van der Waals surface area contributed by atoms with E-state index in [-0.39, 0.29) is 12.6 Å². The summed E-state index contributed by atoms with van der Waals surface area (Å²) < 4.78 is 5.27. The molecule has 0 bridgehead atoms. The standard InChI is InChI=1S/C22H37NO2.C2H6O/c1-2-3-4-5-6-7-8-9-10-11-12-13-14-15-20-25-22(24)21-16-18-23-19-17-21;1-2-3/h16-19H,2-15,20H2,1H3;3H,2H2,1H3. The number of rotatable bonds is 16. The molecule has 1 rings (SSSR count). The first kappa shape index (κ1) is 26.6. The number of carbonyl (C=O) groups is 1. The molecule has 1 N–H and O–H groups in total. The Morgan fingerprint density at radius 1 is 0.786 bits per heavy atom. The molecule has 1 aromatic heterocycles. The fourth-order valence-electron chi connectivity index (χ4n) is 3.03. The van der Waals surface area contributed by atoms with Crippen molar-refractivity contribution in [1.82, 2.24) is 4.98 Å². The molecule has 0 radical (unpaired) electrons. The number of pyridine rings is 1. The van der Waals surface area contributed by atoms with Crippen LogP contribution in [0.4, 0.5) is 0 Å². The van der Waals surface area contributed by atoms with Gasteiger partial charge in [0.15, 0.2) is 0 Å². The predicted molar refractivity (Wildman–Crippen MR) is 118 cm³/mol. The minimum Gasteiger partial charge on any atom is -0.462 e. The summed E-state index contributed by atoms with van der Waals surface area (Å²) >= 11 is 0. The van der Waals surface area contributed by atoms with Crippen LogP contribution in [-0.4, -0.2) is 29.3 Å². The van der Waals surface area contributed by atoms with Gasteiger partial charge < -0.3 is 9.84 Å². The van der Waals surface area contributed by atoms with E-state index >= 15 is 0 Å². The third-order valence-electron chi connectivity index (χ3n) is 4.65. The highest BCUT2D eigenvalue weighted by atomic mass is 16.5. The molecule has 0 fully saturated rings. The van der Waals surface area contributed by atoms with Crippen LogP contribution < -0.4 is 0 Å². The summed E-state index contributed by atoms with van der Waals surface area (Å²) in [5, 5.41) is 7.57. The Kier molecular flexibility index (Phi) is 20.8. The van der Waals surface area contributed by atoms with Gasteiger partial charge in [0.1, 0.15) is 0 Å². The largest absolute Gasteiger partial charge is 0.462 e. The molecule has 0 saturated heterocycles. The zero-order chi connectivity index (χ0) is 20.7. The molecule has 0 aliphatic rings. The summed E-state index contributed by atoms with van der Waals surface area (Å²) in [5.74, 6) is -0.239. The molecule has 4 heteroatoms. The van der Waals surface area contributed by atoms with E-state index in [9.17, 15) is 4.79 Å². The Bertz CT molecular complexity index is 437. The monoisotopic (exact) mass is 393 g/mol. The van der Waals surface area contributed by atoms with E-state index in [4.69, 9.17) is 9.84 Å². The summed E-state index contributed by atoms with van der Waals surface area (Å²) in [5.41, 5.74) is 0.584. The first-order chi connectivity index (χ1) is 13.8. The highest BCUT2D eigenvalue weighted by Crippen LogP contribution is 2.13. The van der Waals surface area contributed by atoms with Crippen molar-refractivity contribution >= 4 is 5.97 Å². The molecule has 0 aliphatic carbocycles. The topological polar surface area (TPSA) is 59.4 Å². The smallest absolute Gasteiger partial charge is 0.338 e. The van der Waals surface area contributed by atoms with Crippen LogP contribution in [0.5, 0.6) is 0 Å². The van der Waals surface area contributed by atoms with E-state index < -0.39 is 0 Å². The molecule has 0 atom stereocenters. The lowest BCUT2D eigenvalue weighted by Crippen LogP contribution is -2.06. The van der Waals surface area contributed by atoms with Crippen molar-refractivity contribution in [2.75, 3.05) is 13.2 Å². The van der Waals surface area contributed by atoms with Crippen LogP contribution in [0.1, 0.15) is 114 Å². The highest BCUT2D eigenvalue weighted by molar-refractivity contribution is 5.89. The van der Waals surface area contributed by atoms with Gasteiger partial charge in [-0.25, -0.2) is 4.79 Å². The Morgan fingerprint density at radius 2 is 1.18 bits per heavy atom. The lowest BCUT2D eigenvalue weighted by molar-refractivity contribution is 0.0497. The Labute approximate surface area is 173 Å². The van der Waals surface area contributed by atoms with Gasteiger partial charge in [-0.15, -0.1) is 0 Å². The van der Waals surface area contributed by atoms with E-state index in [0.29, 0.717) is 12.2 Å². The second kappa shape index (κ2) is 21.9. The second-order valence-electron chi connectivity index (χ2n) is 7.28. The molecule has 0 amide bonds. The van der Waals surface area contributed by atoms with Crippen LogP contribution in [0.3, 0.4) is 0 Å². The first-order valence-electron chi connectivity index (χ1n) is 11.4. The quantitative estimate of drug-likeness (QED) is 0.250. The molecule has 4 nitrogen and oxygen atoms in total. The normalized spacial score (nSPS) is 10.2. The Morgan fingerprint density at radius 3 is 1.61 bits per heavy atom. The summed E-state index contributed by atoms with van der Waals surface area (Å²) in [6, 6.07) is 3.38. The van der Waals surface area contributed by atoms with Gasteiger partial charge in [0, 0.05) is 19.0 Å². The van der Waals surface area contributed by atoms with Gasteiger partial charge in [-0.2, -0.15) is 0 Å². The second-order valence-corrected chi connectivity index (χ2v) is 7.28. The molecule has 28 heavy (non-hydrogen) atoms. The fourth-order valence-corrected chi connectivity index (χ4v) is 3.03. The number of nitrogens with zero attached hydrogens (tertiary/aromatic N) is 1. The number of hydrogen-bond acceptors (Lipinski definition) is 4. The van der Waals surface area contributed by atoms with Crippen molar-refractivity contribution < 1.29 is 14.6 Å². The van der Waals surface area contributed by atoms with Crippen LogP contribution in [-0.2, 0) is 4.74 Å². The zero-order valence-corrected chi connectivity index (χ0v) is 18.3. The third kappa shape index (κ3) is 18.0. The van der Waals surface area contributed by atoms with Gasteiger partial charge in [-0.3, -0.25) is 4.98 Å². The van der Waals surface area contributed by atoms with E-state index in [2.05, 4.69) is 11.9 Å². The molecule has 0 spiro atoms. The minimum absolute atomic E-state index is 0.239. The van der Waals surface area contributed by atoms with Crippen molar-refractivity contribution in [2.45, 2.75) is 104 Å². The molecule has 0 saturated carbocycles. The van der Waals surface area contributed by atoms with E-state index in [1.54, 1.807) is 31.5 Å². The zero-order valence-electron chi connectivity index (χ0n) is 18.3.